The summed E-state index contributed by atoms with van der Waals surface area (Å²) >= 11 is 0. The van der Waals surface area contributed by atoms with Gasteiger partial charge in [0.25, 0.3) is 0 Å². The maximum atomic E-state index is 11.7. The lowest BCUT2D eigenvalue weighted by Gasteiger charge is -2.62. The highest BCUT2D eigenvalue weighted by atomic mass is 16.5. The second kappa shape index (κ2) is 3.23. The monoisotopic (exact) mass is 210 g/mol. The normalized spacial score (nSPS) is 42.7. The van der Waals surface area contributed by atoms with E-state index < -0.39 is 0 Å². The lowest BCUT2D eigenvalue weighted by Crippen LogP contribution is -2.58. The fraction of sp³-hybridized carbons (Fsp3) is 0.923. The van der Waals surface area contributed by atoms with Crippen LogP contribution in [0.25, 0.3) is 0 Å². The number of carbonyl (C=O) groups excluding carboxylic acids is 1. The van der Waals surface area contributed by atoms with E-state index in [1.807, 2.05) is 0 Å². The predicted octanol–water partition coefficient (Wildman–Crippen LogP) is 3.01. The molecule has 2 aliphatic rings. The van der Waals surface area contributed by atoms with Crippen LogP contribution < -0.4 is 0 Å². The molecule has 0 aromatic carbocycles. The van der Waals surface area contributed by atoms with Crippen LogP contribution in [-0.4, -0.2) is 13.1 Å². The smallest absolute Gasteiger partial charge is 0.308 e. The molecule has 86 valence electrons. The number of hydrogen-bond donors (Lipinski definition) is 0. The zero-order valence-electron chi connectivity index (χ0n) is 10.3. The summed E-state index contributed by atoms with van der Waals surface area (Å²) in [5, 5.41) is 0. The van der Waals surface area contributed by atoms with Crippen LogP contribution in [0.4, 0.5) is 0 Å². The molecule has 0 amide bonds. The lowest BCUT2D eigenvalue weighted by atomic mass is 9.42. The van der Waals surface area contributed by atoms with Crippen molar-refractivity contribution in [2.75, 3.05) is 7.11 Å². The number of fused-ring (bicyclic) bond motifs is 1. The molecule has 2 saturated carbocycles. The highest BCUT2D eigenvalue weighted by Crippen LogP contribution is 2.65. The number of carbonyl (C=O) groups is 1. The van der Waals surface area contributed by atoms with Crippen molar-refractivity contribution < 1.29 is 9.53 Å². The Hall–Kier alpha value is -0.530. The largest absolute Gasteiger partial charge is 0.469 e. The van der Waals surface area contributed by atoms with Gasteiger partial charge in [-0.15, -0.1) is 0 Å². The molecule has 2 aliphatic carbocycles. The van der Waals surface area contributed by atoms with Crippen LogP contribution in [0, 0.1) is 22.7 Å². The van der Waals surface area contributed by atoms with E-state index in [-0.39, 0.29) is 11.9 Å². The number of esters is 1. The van der Waals surface area contributed by atoms with Crippen molar-refractivity contribution in [3.63, 3.8) is 0 Å². The van der Waals surface area contributed by atoms with Gasteiger partial charge in [0, 0.05) is 0 Å². The van der Waals surface area contributed by atoms with Crippen molar-refractivity contribution in [1.29, 1.82) is 0 Å². The van der Waals surface area contributed by atoms with Gasteiger partial charge in [0.1, 0.15) is 0 Å². The fourth-order valence-corrected chi connectivity index (χ4v) is 4.29. The van der Waals surface area contributed by atoms with E-state index in [1.54, 1.807) is 0 Å². The molecule has 0 heterocycles. The SMILES string of the molecule is COC(=O)C1CC2(C)CCCC(C)(C)C12. The first-order valence-electron chi connectivity index (χ1n) is 5.98. The van der Waals surface area contributed by atoms with Gasteiger partial charge in [0.05, 0.1) is 13.0 Å². The topological polar surface area (TPSA) is 26.3 Å². The number of methoxy groups -OCH3 is 1. The van der Waals surface area contributed by atoms with Crippen LogP contribution in [-0.2, 0) is 9.53 Å². The quantitative estimate of drug-likeness (QED) is 0.622. The summed E-state index contributed by atoms with van der Waals surface area (Å²) in [6, 6.07) is 0. The number of hydrogen-bond acceptors (Lipinski definition) is 2. The number of rotatable bonds is 1. The maximum Gasteiger partial charge on any atom is 0.308 e. The van der Waals surface area contributed by atoms with Gasteiger partial charge >= 0.3 is 5.97 Å². The van der Waals surface area contributed by atoms with Crippen LogP contribution in [0.2, 0.25) is 0 Å². The van der Waals surface area contributed by atoms with Crippen molar-refractivity contribution in [3.05, 3.63) is 0 Å². The molecule has 0 saturated heterocycles. The summed E-state index contributed by atoms with van der Waals surface area (Å²) in [5.41, 5.74) is 0.713. The molecule has 0 radical (unpaired) electrons. The standard InChI is InChI=1S/C13H22O2/c1-12(2)6-5-7-13(3)8-9(10(12)13)11(14)15-4/h9-10H,5-8H2,1-4H3. The first-order chi connectivity index (χ1) is 6.91. The zero-order chi connectivity index (χ0) is 11.3. The average molecular weight is 210 g/mol. The fourth-order valence-electron chi connectivity index (χ4n) is 4.29. The first kappa shape index (κ1) is 11.0. The van der Waals surface area contributed by atoms with Gasteiger partial charge in [-0.05, 0) is 36.0 Å². The van der Waals surface area contributed by atoms with Gasteiger partial charge in [-0.2, -0.15) is 0 Å². The molecular formula is C13H22O2. The average Bonchev–Trinajstić information content (AvgIpc) is 2.10. The molecule has 0 aromatic rings. The van der Waals surface area contributed by atoms with Crippen molar-refractivity contribution in [1.82, 2.24) is 0 Å². The van der Waals surface area contributed by atoms with Crippen LogP contribution in [0.3, 0.4) is 0 Å². The second-order valence-corrected chi connectivity index (χ2v) is 6.31. The summed E-state index contributed by atoms with van der Waals surface area (Å²) in [4.78, 5) is 11.7. The van der Waals surface area contributed by atoms with Crippen molar-refractivity contribution in [3.8, 4) is 0 Å². The summed E-state index contributed by atoms with van der Waals surface area (Å²) in [7, 11) is 1.51. The molecule has 0 spiro atoms. The van der Waals surface area contributed by atoms with E-state index in [2.05, 4.69) is 20.8 Å². The minimum Gasteiger partial charge on any atom is -0.469 e. The Morgan fingerprint density at radius 1 is 1.27 bits per heavy atom. The Labute approximate surface area is 92.4 Å². The highest BCUT2D eigenvalue weighted by molar-refractivity contribution is 5.74. The van der Waals surface area contributed by atoms with Gasteiger partial charge in [-0.3, -0.25) is 4.79 Å². The zero-order valence-corrected chi connectivity index (χ0v) is 10.3. The van der Waals surface area contributed by atoms with Gasteiger partial charge in [0.15, 0.2) is 0 Å². The lowest BCUT2D eigenvalue weighted by molar-refractivity contribution is -0.182. The molecule has 0 aromatic heterocycles. The van der Waals surface area contributed by atoms with E-state index in [1.165, 1.54) is 26.4 Å². The van der Waals surface area contributed by atoms with Crippen LogP contribution in [0.1, 0.15) is 46.5 Å². The van der Waals surface area contributed by atoms with E-state index in [4.69, 9.17) is 4.74 Å². The molecule has 2 fully saturated rings. The van der Waals surface area contributed by atoms with Crippen molar-refractivity contribution in [2.45, 2.75) is 46.5 Å². The van der Waals surface area contributed by atoms with Crippen LogP contribution in [0.5, 0.6) is 0 Å². The maximum absolute atomic E-state index is 11.7. The predicted molar refractivity (Wildman–Crippen MR) is 59.4 cm³/mol. The van der Waals surface area contributed by atoms with E-state index >= 15 is 0 Å². The van der Waals surface area contributed by atoms with Crippen molar-refractivity contribution >= 4 is 5.97 Å². The van der Waals surface area contributed by atoms with Crippen LogP contribution in [0.15, 0.2) is 0 Å². The summed E-state index contributed by atoms with van der Waals surface area (Å²) < 4.78 is 4.90. The van der Waals surface area contributed by atoms with E-state index in [9.17, 15) is 4.79 Å². The third-order valence-corrected chi connectivity index (χ3v) is 4.75. The molecule has 0 N–H and O–H groups in total. The third kappa shape index (κ3) is 1.49. The Bertz CT molecular complexity index is 271. The second-order valence-electron chi connectivity index (χ2n) is 6.31. The molecular weight excluding hydrogens is 188 g/mol. The van der Waals surface area contributed by atoms with Gasteiger partial charge < -0.3 is 4.74 Å². The van der Waals surface area contributed by atoms with Crippen molar-refractivity contribution in [2.24, 2.45) is 22.7 Å². The van der Waals surface area contributed by atoms with Crippen LogP contribution >= 0.6 is 0 Å². The number of ether oxygens (including phenoxy) is 1. The minimum absolute atomic E-state index is 0.00690. The molecule has 2 rings (SSSR count). The van der Waals surface area contributed by atoms with E-state index in [0.717, 1.165) is 6.42 Å². The third-order valence-electron chi connectivity index (χ3n) is 4.75. The van der Waals surface area contributed by atoms with Gasteiger partial charge in [-0.1, -0.05) is 27.2 Å². The molecule has 2 nitrogen and oxygen atoms in total. The minimum atomic E-state index is 0.00690. The van der Waals surface area contributed by atoms with Gasteiger partial charge in [-0.25, -0.2) is 0 Å². The molecule has 15 heavy (non-hydrogen) atoms. The molecule has 0 aliphatic heterocycles. The Morgan fingerprint density at radius 2 is 1.93 bits per heavy atom. The molecule has 2 heteroatoms. The summed E-state index contributed by atoms with van der Waals surface area (Å²) in [6.45, 7) is 6.96. The first-order valence-corrected chi connectivity index (χ1v) is 5.98. The Morgan fingerprint density at radius 3 is 2.47 bits per heavy atom. The Balaban J connectivity index is 2.20. The molecule has 3 unspecified atom stereocenters. The summed E-state index contributed by atoms with van der Waals surface area (Å²) in [5.74, 6) is 0.703. The Kier molecular flexibility index (Phi) is 2.36. The van der Waals surface area contributed by atoms with E-state index in [0.29, 0.717) is 16.7 Å². The highest BCUT2D eigenvalue weighted by Gasteiger charge is 2.60. The molecule has 3 atom stereocenters. The summed E-state index contributed by atoms with van der Waals surface area (Å²) in [6.07, 6.45) is 4.89. The van der Waals surface area contributed by atoms with Gasteiger partial charge in [0.2, 0.25) is 0 Å². The molecule has 0 bridgehead atoms.